The van der Waals surface area contributed by atoms with Crippen LogP contribution in [-0.4, -0.2) is 33.9 Å². The summed E-state index contributed by atoms with van der Waals surface area (Å²) in [7, 11) is 0. The van der Waals surface area contributed by atoms with Gasteiger partial charge >= 0.3 is 6.18 Å². The number of hydrogen-bond donors (Lipinski definition) is 5. The van der Waals surface area contributed by atoms with E-state index in [0.717, 1.165) is 12.1 Å². The average molecular weight is 294 g/mol. The minimum absolute atomic E-state index is 0.141. The van der Waals surface area contributed by atoms with Crippen molar-refractivity contribution >= 4 is 11.6 Å². The molecule has 0 radical (unpaired) electrons. The van der Waals surface area contributed by atoms with Crippen LogP contribution in [0.3, 0.4) is 0 Å². The first kappa shape index (κ1) is 16.5. The van der Waals surface area contributed by atoms with Crippen LogP contribution in [0.25, 0.3) is 0 Å². The largest absolute Gasteiger partial charge is 0.416 e. The van der Waals surface area contributed by atoms with E-state index in [2.05, 4.69) is 10.3 Å². The van der Waals surface area contributed by atoms with Crippen molar-refractivity contribution in [3.8, 4) is 0 Å². The Bertz CT molecular complexity index is 442. The lowest BCUT2D eigenvalue weighted by molar-refractivity contribution is -0.137. The molecule has 0 spiro atoms. The molecule has 1 aromatic heterocycles. The molecule has 20 heavy (non-hydrogen) atoms. The summed E-state index contributed by atoms with van der Waals surface area (Å²) in [5.74, 6) is 4.77. The molecular weight excluding hydrogens is 277 g/mol. The van der Waals surface area contributed by atoms with E-state index in [-0.39, 0.29) is 11.6 Å². The highest BCUT2D eigenvalue weighted by Gasteiger charge is 2.33. The topological polar surface area (TPSA) is 103 Å². The van der Waals surface area contributed by atoms with Gasteiger partial charge in [0.25, 0.3) is 0 Å². The number of aromatic nitrogens is 1. The number of nitrogens with zero attached hydrogens (tertiary/aromatic N) is 1. The second-order valence-corrected chi connectivity index (χ2v) is 4.34. The SMILES string of the molecule is CCC(CO)(CO)Nc1cc(C(F)(F)F)cc(NN)n1. The van der Waals surface area contributed by atoms with Crippen LogP contribution in [0, 0.1) is 0 Å². The van der Waals surface area contributed by atoms with Crippen LogP contribution in [0.2, 0.25) is 0 Å². The van der Waals surface area contributed by atoms with Crippen molar-refractivity contribution in [1.82, 2.24) is 4.98 Å². The molecule has 0 aliphatic rings. The van der Waals surface area contributed by atoms with Gasteiger partial charge in [0.1, 0.15) is 11.6 Å². The lowest BCUT2D eigenvalue weighted by Gasteiger charge is -2.30. The third kappa shape index (κ3) is 3.71. The molecule has 0 saturated carbocycles. The van der Waals surface area contributed by atoms with E-state index in [1.54, 1.807) is 6.92 Å². The summed E-state index contributed by atoms with van der Waals surface area (Å²) < 4.78 is 38.2. The molecule has 1 aromatic rings. The molecule has 0 bridgehead atoms. The Hall–Kier alpha value is -1.58. The summed E-state index contributed by atoms with van der Waals surface area (Å²) in [5, 5.41) is 21.2. The van der Waals surface area contributed by atoms with Gasteiger partial charge in [-0.25, -0.2) is 10.8 Å². The highest BCUT2D eigenvalue weighted by molar-refractivity contribution is 5.50. The lowest BCUT2D eigenvalue weighted by atomic mass is 9.98. The molecule has 6 nitrogen and oxygen atoms in total. The number of rotatable bonds is 6. The van der Waals surface area contributed by atoms with Gasteiger partial charge in [-0.05, 0) is 18.6 Å². The first-order chi connectivity index (χ1) is 9.30. The van der Waals surface area contributed by atoms with Gasteiger partial charge in [-0.15, -0.1) is 0 Å². The zero-order valence-electron chi connectivity index (χ0n) is 10.8. The molecule has 0 fully saturated rings. The van der Waals surface area contributed by atoms with Crippen LogP contribution in [0.5, 0.6) is 0 Å². The molecular formula is C11H17F3N4O2. The molecule has 0 aliphatic carbocycles. The minimum atomic E-state index is -4.56. The molecule has 0 atom stereocenters. The normalized spacial score (nSPS) is 12.3. The van der Waals surface area contributed by atoms with E-state index >= 15 is 0 Å². The van der Waals surface area contributed by atoms with E-state index < -0.39 is 30.5 Å². The monoisotopic (exact) mass is 294 g/mol. The Morgan fingerprint density at radius 3 is 2.15 bits per heavy atom. The Morgan fingerprint density at radius 1 is 1.20 bits per heavy atom. The molecule has 1 rings (SSSR count). The summed E-state index contributed by atoms with van der Waals surface area (Å²) in [6.07, 6.45) is -4.26. The Kier molecular flexibility index (Phi) is 5.15. The molecule has 0 unspecified atom stereocenters. The molecule has 0 amide bonds. The fourth-order valence-corrected chi connectivity index (χ4v) is 1.54. The number of aliphatic hydroxyl groups is 2. The zero-order valence-corrected chi connectivity index (χ0v) is 10.8. The fraction of sp³-hybridized carbons (Fsp3) is 0.545. The van der Waals surface area contributed by atoms with Crippen molar-refractivity contribution in [2.75, 3.05) is 24.0 Å². The van der Waals surface area contributed by atoms with Gasteiger partial charge in [0, 0.05) is 0 Å². The van der Waals surface area contributed by atoms with Crippen molar-refractivity contribution in [2.24, 2.45) is 5.84 Å². The summed E-state index contributed by atoms with van der Waals surface area (Å²) >= 11 is 0. The average Bonchev–Trinajstić information content (AvgIpc) is 2.43. The van der Waals surface area contributed by atoms with Gasteiger partial charge in [0.05, 0.1) is 24.3 Å². The van der Waals surface area contributed by atoms with Gasteiger partial charge in [-0.2, -0.15) is 13.2 Å². The molecule has 0 saturated heterocycles. The Morgan fingerprint density at radius 2 is 1.75 bits per heavy atom. The van der Waals surface area contributed by atoms with Crippen molar-refractivity contribution in [2.45, 2.75) is 25.1 Å². The molecule has 1 heterocycles. The summed E-state index contributed by atoms with van der Waals surface area (Å²) in [6, 6.07) is 1.55. The van der Waals surface area contributed by atoms with E-state index in [4.69, 9.17) is 5.84 Å². The summed E-state index contributed by atoms with van der Waals surface area (Å²) in [4.78, 5) is 3.82. The van der Waals surface area contributed by atoms with Crippen molar-refractivity contribution in [3.05, 3.63) is 17.7 Å². The zero-order chi connectivity index (χ0) is 15.4. The predicted octanol–water partition coefficient (Wildman–Crippen LogP) is 0.931. The number of aliphatic hydroxyl groups excluding tert-OH is 2. The van der Waals surface area contributed by atoms with E-state index in [1.165, 1.54) is 0 Å². The highest BCUT2D eigenvalue weighted by Crippen LogP contribution is 2.32. The number of hydrazine groups is 1. The lowest BCUT2D eigenvalue weighted by Crippen LogP contribution is -2.45. The maximum absolute atomic E-state index is 12.7. The third-order valence-electron chi connectivity index (χ3n) is 2.98. The third-order valence-corrected chi connectivity index (χ3v) is 2.98. The first-order valence-corrected chi connectivity index (χ1v) is 5.86. The Balaban J connectivity index is 3.18. The molecule has 114 valence electrons. The van der Waals surface area contributed by atoms with Gasteiger partial charge < -0.3 is 21.0 Å². The summed E-state index contributed by atoms with van der Waals surface area (Å²) in [5.41, 5.74) is -0.0471. The number of nitrogens with two attached hydrogens (primary N) is 1. The number of hydrogen-bond acceptors (Lipinski definition) is 6. The number of halogens is 3. The standard InChI is InChI=1S/C11H17F3N4O2/c1-2-10(5-19,6-20)17-8-3-7(11(12,13)14)4-9(16-8)18-15/h3-4,19-20H,2,5-6,15H2,1H3,(H2,16,17,18). The second-order valence-electron chi connectivity index (χ2n) is 4.34. The predicted molar refractivity (Wildman–Crippen MR) is 67.9 cm³/mol. The number of nitrogen functional groups attached to an aromatic ring is 1. The van der Waals surface area contributed by atoms with Crippen LogP contribution in [0.15, 0.2) is 12.1 Å². The summed E-state index contributed by atoms with van der Waals surface area (Å²) in [6.45, 7) is 0.766. The van der Waals surface area contributed by atoms with Gasteiger partial charge in [0.15, 0.2) is 0 Å². The number of nitrogens with one attached hydrogen (secondary N) is 2. The van der Waals surface area contributed by atoms with Crippen LogP contribution >= 0.6 is 0 Å². The van der Waals surface area contributed by atoms with Crippen molar-refractivity contribution in [1.29, 1.82) is 0 Å². The van der Waals surface area contributed by atoms with Gasteiger partial charge in [0.2, 0.25) is 0 Å². The Labute approximate surface area is 113 Å². The molecule has 6 N–H and O–H groups in total. The van der Waals surface area contributed by atoms with Crippen molar-refractivity contribution < 1.29 is 23.4 Å². The number of anilines is 2. The maximum Gasteiger partial charge on any atom is 0.416 e. The highest BCUT2D eigenvalue weighted by atomic mass is 19.4. The van der Waals surface area contributed by atoms with Gasteiger partial charge in [-0.3, -0.25) is 0 Å². The number of pyridine rings is 1. The van der Waals surface area contributed by atoms with Crippen molar-refractivity contribution in [3.63, 3.8) is 0 Å². The molecule has 0 aromatic carbocycles. The second kappa shape index (κ2) is 6.25. The maximum atomic E-state index is 12.7. The molecule has 9 heteroatoms. The van der Waals surface area contributed by atoms with E-state index in [1.807, 2.05) is 5.43 Å². The number of alkyl halides is 3. The van der Waals surface area contributed by atoms with Crippen LogP contribution in [0.4, 0.5) is 24.8 Å². The molecule has 0 aliphatic heterocycles. The van der Waals surface area contributed by atoms with Crippen LogP contribution in [-0.2, 0) is 6.18 Å². The van der Waals surface area contributed by atoms with Crippen LogP contribution in [0.1, 0.15) is 18.9 Å². The van der Waals surface area contributed by atoms with Gasteiger partial charge in [-0.1, -0.05) is 6.92 Å². The van der Waals surface area contributed by atoms with E-state index in [0.29, 0.717) is 6.42 Å². The van der Waals surface area contributed by atoms with Crippen LogP contribution < -0.4 is 16.6 Å². The smallest absolute Gasteiger partial charge is 0.394 e. The fourth-order valence-electron chi connectivity index (χ4n) is 1.54. The minimum Gasteiger partial charge on any atom is -0.394 e. The first-order valence-electron chi connectivity index (χ1n) is 5.86. The quantitative estimate of drug-likeness (QED) is 0.395. The van der Waals surface area contributed by atoms with E-state index in [9.17, 15) is 23.4 Å².